The average Bonchev–Trinajstić information content (AvgIpc) is 1.85. The zero-order chi connectivity index (χ0) is 8.74. The Morgan fingerprint density at radius 2 is 1.64 bits per heavy atom. The second kappa shape index (κ2) is 5.18. The molecule has 0 bridgehead atoms. The Labute approximate surface area is 64.1 Å². The van der Waals surface area contributed by atoms with Gasteiger partial charge >= 0.3 is 6.18 Å². The minimum atomic E-state index is -4.03. The first-order chi connectivity index (χ1) is 5.06. The van der Waals surface area contributed by atoms with Crippen LogP contribution < -0.4 is 5.73 Å². The summed E-state index contributed by atoms with van der Waals surface area (Å²) < 4.78 is 34.5. The van der Waals surface area contributed by atoms with E-state index in [0.717, 1.165) is 0 Å². The molecule has 1 nitrogen and oxygen atoms in total. The van der Waals surface area contributed by atoms with Crippen molar-refractivity contribution in [1.29, 1.82) is 0 Å². The molecule has 0 aliphatic heterocycles. The summed E-state index contributed by atoms with van der Waals surface area (Å²) in [7, 11) is 0. The molecule has 0 heterocycles. The molecule has 0 unspecified atom stereocenters. The van der Waals surface area contributed by atoms with E-state index in [9.17, 15) is 13.2 Å². The number of allylic oxidation sites excluding steroid dienone is 1. The van der Waals surface area contributed by atoms with E-state index in [0.29, 0.717) is 13.0 Å². The van der Waals surface area contributed by atoms with E-state index in [-0.39, 0.29) is 6.42 Å². The molecule has 0 amide bonds. The fourth-order valence-corrected chi connectivity index (χ4v) is 0.579. The van der Waals surface area contributed by atoms with E-state index in [1.165, 1.54) is 6.08 Å². The van der Waals surface area contributed by atoms with E-state index in [1.807, 2.05) is 0 Å². The lowest BCUT2D eigenvalue weighted by Gasteiger charge is -2.01. The summed E-state index contributed by atoms with van der Waals surface area (Å²) in [4.78, 5) is 0. The highest BCUT2D eigenvalue weighted by atomic mass is 19.4. The minimum Gasteiger partial charge on any atom is -0.330 e. The first-order valence-corrected chi connectivity index (χ1v) is 3.48. The number of hydrogen-bond acceptors (Lipinski definition) is 1. The van der Waals surface area contributed by atoms with Crippen molar-refractivity contribution >= 4 is 0 Å². The van der Waals surface area contributed by atoms with Crippen molar-refractivity contribution in [1.82, 2.24) is 0 Å². The summed E-state index contributed by atoms with van der Waals surface area (Å²) in [6, 6.07) is 0. The molecule has 0 saturated carbocycles. The van der Waals surface area contributed by atoms with E-state index in [4.69, 9.17) is 5.73 Å². The molecule has 0 aromatic heterocycles. The van der Waals surface area contributed by atoms with E-state index in [1.54, 1.807) is 6.08 Å². The lowest BCUT2D eigenvalue weighted by molar-refractivity contribution is -0.133. The predicted molar refractivity (Wildman–Crippen MR) is 38.1 cm³/mol. The normalized spacial score (nSPS) is 12.7. The van der Waals surface area contributed by atoms with Crippen LogP contribution in [0, 0.1) is 0 Å². The van der Waals surface area contributed by atoms with Gasteiger partial charge in [0, 0.05) is 6.42 Å². The fourth-order valence-electron chi connectivity index (χ4n) is 0.579. The molecule has 0 aromatic carbocycles. The van der Waals surface area contributed by atoms with Gasteiger partial charge in [-0.15, -0.1) is 0 Å². The van der Waals surface area contributed by atoms with Gasteiger partial charge in [-0.3, -0.25) is 0 Å². The van der Waals surface area contributed by atoms with E-state index < -0.39 is 12.6 Å². The number of rotatable bonds is 4. The lowest BCUT2D eigenvalue weighted by Crippen LogP contribution is -2.05. The molecule has 0 aromatic rings. The molecule has 0 rings (SSSR count). The van der Waals surface area contributed by atoms with Crippen LogP contribution in [0.25, 0.3) is 0 Å². The zero-order valence-corrected chi connectivity index (χ0v) is 6.19. The Kier molecular flexibility index (Phi) is 4.94. The molecule has 0 atom stereocenters. The number of hydrogen-bond donors (Lipinski definition) is 1. The summed E-state index contributed by atoms with van der Waals surface area (Å²) in [6.07, 6.45) is -0.880. The van der Waals surface area contributed by atoms with E-state index >= 15 is 0 Å². The minimum absolute atomic E-state index is 0.0590. The summed E-state index contributed by atoms with van der Waals surface area (Å²) in [5.41, 5.74) is 5.12. The summed E-state index contributed by atoms with van der Waals surface area (Å²) in [6.45, 7) is 0.489. The summed E-state index contributed by atoms with van der Waals surface area (Å²) in [5, 5.41) is 0. The van der Waals surface area contributed by atoms with Gasteiger partial charge < -0.3 is 5.73 Å². The van der Waals surface area contributed by atoms with Gasteiger partial charge in [-0.05, 0) is 19.4 Å². The predicted octanol–water partition coefficient (Wildman–Crippen LogP) is 2.23. The maximum atomic E-state index is 11.5. The molecule has 0 fully saturated rings. The van der Waals surface area contributed by atoms with Crippen molar-refractivity contribution in [3.8, 4) is 0 Å². The van der Waals surface area contributed by atoms with Crippen LogP contribution in [-0.2, 0) is 0 Å². The fraction of sp³-hybridized carbons (Fsp3) is 0.714. The maximum absolute atomic E-state index is 11.5. The van der Waals surface area contributed by atoms with Crippen LogP contribution in [0.5, 0.6) is 0 Å². The third-order valence-electron chi connectivity index (χ3n) is 1.09. The third-order valence-corrected chi connectivity index (χ3v) is 1.09. The topological polar surface area (TPSA) is 26.0 Å². The monoisotopic (exact) mass is 167 g/mol. The van der Waals surface area contributed by atoms with Gasteiger partial charge in [0.05, 0.1) is 0 Å². The molecule has 0 spiro atoms. The number of halogens is 3. The number of alkyl halides is 3. The Bertz CT molecular complexity index is 117. The van der Waals surface area contributed by atoms with Crippen molar-refractivity contribution in [3.05, 3.63) is 12.2 Å². The SMILES string of the molecule is NCCC=CCCC(F)(F)F. The molecule has 66 valence electrons. The molecule has 0 aliphatic carbocycles. The van der Waals surface area contributed by atoms with Crippen molar-refractivity contribution < 1.29 is 13.2 Å². The van der Waals surface area contributed by atoms with Gasteiger partial charge in [0.2, 0.25) is 0 Å². The van der Waals surface area contributed by atoms with Crippen molar-refractivity contribution in [2.45, 2.75) is 25.4 Å². The molecule has 0 aliphatic rings. The van der Waals surface area contributed by atoms with Crippen LogP contribution in [0.3, 0.4) is 0 Å². The molecule has 2 N–H and O–H groups in total. The van der Waals surface area contributed by atoms with Gasteiger partial charge in [-0.1, -0.05) is 12.2 Å². The van der Waals surface area contributed by atoms with Crippen LogP contribution in [0.4, 0.5) is 13.2 Å². The second-order valence-electron chi connectivity index (χ2n) is 2.20. The van der Waals surface area contributed by atoms with Crippen LogP contribution in [-0.4, -0.2) is 12.7 Å². The third kappa shape index (κ3) is 9.49. The summed E-state index contributed by atoms with van der Waals surface area (Å²) in [5.74, 6) is 0. The maximum Gasteiger partial charge on any atom is 0.389 e. The van der Waals surface area contributed by atoms with E-state index in [2.05, 4.69) is 0 Å². The summed E-state index contributed by atoms with van der Waals surface area (Å²) >= 11 is 0. The first-order valence-electron chi connectivity index (χ1n) is 3.48. The molecule has 0 saturated heterocycles. The Morgan fingerprint density at radius 3 is 2.09 bits per heavy atom. The number of nitrogens with two attached hydrogens (primary N) is 1. The molecule has 11 heavy (non-hydrogen) atoms. The quantitative estimate of drug-likeness (QED) is 0.638. The standard InChI is InChI=1S/C7H12F3N/c8-7(9,10)5-3-1-2-4-6-11/h1-2H,3-6,11H2. The second-order valence-corrected chi connectivity index (χ2v) is 2.20. The molecule has 4 heteroatoms. The Morgan fingerprint density at radius 1 is 1.09 bits per heavy atom. The smallest absolute Gasteiger partial charge is 0.330 e. The van der Waals surface area contributed by atoms with Gasteiger partial charge in [0.1, 0.15) is 0 Å². The molecular weight excluding hydrogens is 155 g/mol. The van der Waals surface area contributed by atoms with Crippen LogP contribution >= 0.6 is 0 Å². The lowest BCUT2D eigenvalue weighted by atomic mass is 10.2. The van der Waals surface area contributed by atoms with Crippen LogP contribution in [0.2, 0.25) is 0 Å². The highest BCUT2D eigenvalue weighted by molar-refractivity contribution is 4.82. The van der Waals surface area contributed by atoms with Crippen molar-refractivity contribution in [3.63, 3.8) is 0 Å². The average molecular weight is 167 g/mol. The van der Waals surface area contributed by atoms with Gasteiger partial charge in [0.15, 0.2) is 0 Å². The highest BCUT2D eigenvalue weighted by Gasteiger charge is 2.25. The van der Waals surface area contributed by atoms with Crippen LogP contribution in [0.15, 0.2) is 12.2 Å². The Hall–Kier alpha value is -0.510. The van der Waals surface area contributed by atoms with Gasteiger partial charge in [-0.2, -0.15) is 13.2 Å². The largest absolute Gasteiger partial charge is 0.389 e. The van der Waals surface area contributed by atoms with Crippen molar-refractivity contribution in [2.75, 3.05) is 6.54 Å². The first kappa shape index (κ1) is 10.5. The molecule has 0 radical (unpaired) electrons. The zero-order valence-electron chi connectivity index (χ0n) is 6.19. The highest BCUT2D eigenvalue weighted by Crippen LogP contribution is 2.21. The van der Waals surface area contributed by atoms with Gasteiger partial charge in [-0.25, -0.2) is 0 Å². The van der Waals surface area contributed by atoms with Gasteiger partial charge in [0.25, 0.3) is 0 Å². The molecular formula is C7H12F3N. The van der Waals surface area contributed by atoms with Crippen LogP contribution in [0.1, 0.15) is 19.3 Å². The Balaban J connectivity index is 3.27. The van der Waals surface area contributed by atoms with Crippen molar-refractivity contribution in [2.24, 2.45) is 5.73 Å².